The van der Waals surface area contributed by atoms with Gasteiger partial charge in [-0.25, -0.2) is 0 Å². The standard InChI is InChI=1S/C15H22Cl2N2O2/c1-3-4-5-12(9-20)19-15(21)10(2)18-11-6-7-13(16)14(17)8-11/h6-8,10,12,18,20H,3-5,9H2,1-2H3,(H,19,21)/t10?,12-/m0/s1. The molecule has 0 aliphatic heterocycles. The van der Waals surface area contributed by atoms with Crippen LogP contribution in [0, 0.1) is 0 Å². The summed E-state index contributed by atoms with van der Waals surface area (Å²) >= 11 is 11.8. The number of carbonyl (C=O) groups is 1. The summed E-state index contributed by atoms with van der Waals surface area (Å²) in [6.45, 7) is 3.78. The van der Waals surface area contributed by atoms with Crippen LogP contribution in [0.5, 0.6) is 0 Å². The normalized spacial score (nSPS) is 13.6. The predicted molar refractivity (Wildman–Crippen MR) is 88.1 cm³/mol. The van der Waals surface area contributed by atoms with Crippen molar-refractivity contribution in [3.05, 3.63) is 28.2 Å². The molecule has 0 saturated heterocycles. The largest absolute Gasteiger partial charge is 0.394 e. The highest BCUT2D eigenvalue weighted by Crippen LogP contribution is 2.25. The zero-order valence-electron chi connectivity index (χ0n) is 12.3. The fraction of sp³-hybridized carbons (Fsp3) is 0.533. The van der Waals surface area contributed by atoms with E-state index in [1.807, 2.05) is 0 Å². The van der Waals surface area contributed by atoms with Crippen molar-refractivity contribution < 1.29 is 9.90 Å². The molecule has 1 aromatic carbocycles. The second kappa shape index (κ2) is 9.13. The fourth-order valence-corrected chi connectivity index (χ4v) is 2.19. The summed E-state index contributed by atoms with van der Waals surface area (Å²) in [7, 11) is 0. The Morgan fingerprint density at radius 3 is 2.62 bits per heavy atom. The third-order valence-electron chi connectivity index (χ3n) is 3.17. The van der Waals surface area contributed by atoms with E-state index < -0.39 is 6.04 Å². The van der Waals surface area contributed by atoms with Gasteiger partial charge in [-0.15, -0.1) is 0 Å². The van der Waals surface area contributed by atoms with E-state index in [9.17, 15) is 9.90 Å². The van der Waals surface area contributed by atoms with Gasteiger partial charge >= 0.3 is 0 Å². The van der Waals surface area contributed by atoms with Crippen LogP contribution in [0.15, 0.2) is 18.2 Å². The SMILES string of the molecule is CCCC[C@@H](CO)NC(=O)C(C)Nc1ccc(Cl)c(Cl)c1. The van der Waals surface area contributed by atoms with E-state index in [4.69, 9.17) is 23.2 Å². The summed E-state index contributed by atoms with van der Waals surface area (Å²) in [5.74, 6) is -0.156. The van der Waals surface area contributed by atoms with Gasteiger partial charge in [0.1, 0.15) is 6.04 Å². The topological polar surface area (TPSA) is 61.4 Å². The first-order chi connectivity index (χ1) is 9.97. The fourth-order valence-electron chi connectivity index (χ4n) is 1.89. The van der Waals surface area contributed by atoms with Gasteiger partial charge in [-0.2, -0.15) is 0 Å². The first-order valence-electron chi connectivity index (χ1n) is 7.10. The van der Waals surface area contributed by atoms with Crippen molar-refractivity contribution >= 4 is 34.8 Å². The van der Waals surface area contributed by atoms with E-state index in [-0.39, 0.29) is 18.6 Å². The van der Waals surface area contributed by atoms with Gasteiger partial charge in [-0.1, -0.05) is 43.0 Å². The quantitative estimate of drug-likeness (QED) is 0.683. The van der Waals surface area contributed by atoms with Crippen LogP contribution in [-0.4, -0.2) is 29.7 Å². The van der Waals surface area contributed by atoms with Gasteiger partial charge in [-0.3, -0.25) is 4.79 Å². The smallest absolute Gasteiger partial charge is 0.242 e. The number of unbranched alkanes of at least 4 members (excludes halogenated alkanes) is 1. The predicted octanol–water partition coefficient (Wildman–Crippen LogP) is 3.46. The van der Waals surface area contributed by atoms with Crippen molar-refractivity contribution in [1.29, 1.82) is 0 Å². The lowest BCUT2D eigenvalue weighted by atomic mass is 10.1. The zero-order valence-corrected chi connectivity index (χ0v) is 13.8. The first kappa shape index (κ1) is 18.1. The van der Waals surface area contributed by atoms with Crippen LogP contribution >= 0.6 is 23.2 Å². The van der Waals surface area contributed by atoms with E-state index in [0.29, 0.717) is 10.0 Å². The Balaban J connectivity index is 2.55. The van der Waals surface area contributed by atoms with Crippen LogP contribution in [0.4, 0.5) is 5.69 Å². The van der Waals surface area contributed by atoms with Crippen LogP contribution in [0.3, 0.4) is 0 Å². The molecular formula is C15H22Cl2N2O2. The van der Waals surface area contributed by atoms with Gasteiger partial charge in [0.05, 0.1) is 22.7 Å². The Morgan fingerprint density at radius 2 is 2.05 bits per heavy atom. The van der Waals surface area contributed by atoms with Crippen LogP contribution in [0.25, 0.3) is 0 Å². The van der Waals surface area contributed by atoms with Gasteiger partial charge in [0.25, 0.3) is 0 Å². The van der Waals surface area contributed by atoms with Crippen molar-refractivity contribution in [3.63, 3.8) is 0 Å². The first-order valence-corrected chi connectivity index (χ1v) is 7.86. The molecule has 0 aliphatic carbocycles. The lowest BCUT2D eigenvalue weighted by molar-refractivity contribution is -0.122. The van der Waals surface area contributed by atoms with Gasteiger partial charge in [0, 0.05) is 5.69 Å². The van der Waals surface area contributed by atoms with Crippen molar-refractivity contribution in [3.8, 4) is 0 Å². The summed E-state index contributed by atoms with van der Waals surface area (Å²) in [6.07, 6.45) is 2.78. The van der Waals surface area contributed by atoms with Crippen LogP contribution in [-0.2, 0) is 4.79 Å². The Kier molecular flexibility index (Phi) is 7.86. The van der Waals surface area contributed by atoms with Gasteiger partial charge in [0.2, 0.25) is 5.91 Å². The van der Waals surface area contributed by atoms with Crippen molar-refractivity contribution in [2.24, 2.45) is 0 Å². The number of rotatable bonds is 8. The number of benzene rings is 1. The minimum absolute atomic E-state index is 0.0504. The lowest BCUT2D eigenvalue weighted by Gasteiger charge is -2.20. The molecule has 118 valence electrons. The summed E-state index contributed by atoms with van der Waals surface area (Å²) < 4.78 is 0. The number of amides is 1. The van der Waals surface area contributed by atoms with Gasteiger partial charge in [0.15, 0.2) is 0 Å². The molecular weight excluding hydrogens is 311 g/mol. The number of hydrogen-bond acceptors (Lipinski definition) is 3. The van der Waals surface area contributed by atoms with E-state index in [0.717, 1.165) is 24.9 Å². The maximum Gasteiger partial charge on any atom is 0.242 e. The van der Waals surface area contributed by atoms with Crippen LogP contribution in [0.1, 0.15) is 33.1 Å². The highest BCUT2D eigenvalue weighted by atomic mass is 35.5. The molecule has 0 bridgehead atoms. The molecule has 1 unspecified atom stereocenters. The molecule has 1 rings (SSSR count). The molecule has 3 N–H and O–H groups in total. The molecule has 0 aliphatic rings. The number of aliphatic hydroxyl groups excluding tert-OH is 1. The Hall–Kier alpha value is -0.970. The zero-order chi connectivity index (χ0) is 15.8. The molecule has 0 saturated carbocycles. The molecule has 0 radical (unpaired) electrons. The molecule has 1 amide bonds. The Morgan fingerprint density at radius 1 is 1.33 bits per heavy atom. The van der Waals surface area contributed by atoms with Gasteiger partial charge < -0.3 is 15.7 Å². The maximum absolute atomic E-state index is 12.1. The highest BCUT2D eigenvalue weighted by molar-refractivity contribution is 6.42. The highest BCUT2D eigenvalue weighted by Gasteiger charge is 2.17. The number of nitrogens with one attached hydrogen (secondary N) is 2. The van der Waals surface area contributed by atoms with Crippen molar-refractivity contribution in [2.75, 3.05) is 11.9 Å². The second-order valence-corrected chi connectivity index (χ2v) is 5.84. The van der Waals surface area contributed by atoms with E-state index in [1.165, 1.54) is 0 Å². The van der Waals surface area contributed by atoms with E-state index in [1.54, 1.807) is 25.1 Å². The molecule has 0 fully saturated rings. The Labute approximate surface area is 135 Å². The third kappa shape index (κ3) is 6.12. The third-order valence-corrected chi connectivity index (χ3v) is 3.91. The molecule has 21 heavy (non-hydrogen) atoms. The van der Waals surface area contributed by atoms with Crippen molar-refractivity contribution in [2.45, 2.75) is 45.2 Å². The molecule has 0 aromatic heterocycles. The number of hydrogen-bond donors (Lipinski definition) is 3. The summed E-state index contributed by atoms with van der Waals surface area (Å²) in [5.41, 5.74) is 0.723. The van der Waals surface area contributed by atoms with Crippen molar-refractivity contribution in [1.82, 2.24) is 5.32 Å². The van der Waals surface area contributed by atoms with E-state index >= 15 is 0 Å². The summed E-state index contributed by atoms with van der Waals surface area (Å²) in [4.78, 5) is 12.1. The Bertz CT molecular complexity index is 469. The average Bonchev–Trinajstić information content (AvgIpc) is 2.46. The van der Waals surface area contributed by atoms with Crippen LogP contribution in [0.2, 0.25) is 10.0 Å². The minimum atomic E-state index is -0.432. The van der Waals surface area contributed by atoms with Gasteiger partial charge in [-0.05, 0) is 31.5 Å². The maximum atomic E-state index is 12.1. The molecule has 0 spiro atoms. The average molecular weight is 333 g/mol. The number of halogens is 2. The number of anilines is 1. The van der Waals surface area contributed by atoms with Crippen LogP contribution < -0.4 is 10.6 Å². The molecule has 6 heteroatoms. The van der Waals surface area contributed by atoms with E-state index in [2.05, 4.69) is 17.6 Å². The molecule has 2 atom stereocenters. The monoisotopic (exact) mass is 332 g/mol. The molecule has 1 aromatic rings. The summed E-state index contributed by atoms with van der Waals surface area (Å²) in [5, 5.41) is 16.1. The number of carbonyl (C=O) groups excluding carboxylic acids is 1. The second-order valence-electron chi connectivity index (χ2n) is 5.03. The number of aliphatic hydroxyl groups is 1. The summed E-state index contributed by atoms with van der Waals surface area (Å²) in [6, 6.07) is 4.48. The minimum Gasteiger partial charge on any atom is -0.394 e. The molecule has 4 nitrogen and oxygen atoms in total. The molecule has 0 heterocycles. The lowest BCUT2D eigenvalue weighted by Crippen LogP contribution is -2.44.